The Balaban J connectivity index is 2.25. The van der Waals surface area contributed by atoms with Gasteiger partial charge >= 0.3 is 0 Å². The van der Waals surface area contributed by atoms with Crippen molar-refractivity contribution in [1.29, 1.82) is 0 Å². The maximum absolute atomic E-state index is 12.3. The fraction of sp³-hybridized carbons (Fsp3) is 0.133. The Morgan fingerprint density at radius 2 is 1.81 bits per heavy atom. The molecule has 0 spiro atoms. The molecule has 0 aliphatic rings. The van der Waals surface area contributed by atoms with Crippen molar-refractivity contribution in [3.05, 3.63) is 50.0 Å². The molecule has 4 nitrogen and oxygen atoms in total. The van der Waals surface area contributed by atoms with E-state index in [0.29, 0.717) is 22.7 Å². The van der Waals surface area contributed by atoms with Crippen molar-refractivity contribution in [2.75, 3.05) is 19.5 Å². The van der Waals surface area contributed by atoms with Crippen LogP contribution in [0.3, 0.4) is 0 Å². The van der Waals surface area contributed by atoms with Gasteiger partial charge in [-0.15, -0.1) is 0 Å². The fourth-order valence-electron chi connectivity index (χ4n) is 1.78. The number of halogens is 2. The minimum absolute atomic E-state index is 0.187. The SMILES string of the molecule is COc1ccc(NC(=O)c2cc(I)ccc2Br)cc1OC. The lowest BCUT2D eigenvalue weighted by atomic mass is 10.2. The number of carbonyl (C=O) groups excluding carboxylic acids is 1. The fourth-order valence-corrected chi connectivity index (χ4v) is 2.70. The van der Waals surface area contributed by atoms with Gasteiger partial charge in [0.05, 0.1) is 19.8 Å². The lowest BCUT2D eigenvalue weighted by Gasteiger charge is -2.11. The van der Waals surface area contributed by atoms with Crippen molar-refractivity contribution in [2.45, 2.75) is 0 Å². The van der Waals surface area contributed by atoms with Gasteiger partial charge < -0.3 is 14.8 Å². The van der Waals surface area contributed by atoms with Gasteiger partial charge in [-0.2, -0.15) is 0 Å². The normalized spacial score (nSPS) is 10.1. The number of nitrogens with one attached hydrogen (secondary N) is 1. The third kappa shape index (κ3) is 3.88. The minimum Gasteiger partial charge on any atom is -0.493 e. The zero-order chi connectivity index (χ0) is 15.4. The molecule has 2 aromatic carbocycles. The van der Waals surface area contributed by atoms with E-state index in [1.54, 1.807) is 32.4 Å². The summed E-state index contributed by atoms with van der Waals surface area (Å²) in [5.41, 5.74) is 1.22. The third-order valence-corrected chi connectivity index (χ3v) is 4.18. The molecule has 0 aliphatic heterocycles. The van der Waals surface area contributed by atoms with E-state index in [1.165, 1.54) is 0 Å². The molecule has 1 N–H and O–H groups in total. The maximum Gasteiger partial charge on any atom is 0.256 e. The van der Waals surface area contributed by atoms with E-state index in [2.05, 4.69) is 43.8 Å². The second kappa shape index (κ2) is 7.13. The Labute approximate surface area is 145 Å². The lowest BCUT2D eigenvalue weighted by Crippen LogP contribution is -2.13. The first-order valence-corrected chi connectivity index (χ1v) is 7.90. The molecule has 0 saturated heterocycles. The molecular weight excluding hydrogens is 449 g/mol. The van der Waals surface area contributed by atoms with Gasteiger partial charge in [0.2, 0.25) is 0 Å². The number of amides is 1. The Morgan fingerprint density at radius 1 is 1.10 bits per heavy atom. The van der Waals surface area contributed by atoms with E-state index >= 15 is 0 Å². The van der Waals surface area contributed by atoms with Crippen LogP contribution >= 0.6 is 38.5 Å². The summed E-state index contributed by atoms with van der Waals surface area (Å²) in [4.78, 5) is 12.3. The van der Waals surface area contributed by atoms with Gasteiger partial charge in [-0.25, -0.2) is 0 Å². The molecule has 6 heteroatoms. The minimum atomic E-state index is -0.187. The second-order valence-corrected chi connectivity index (χ2v) is 6.25. The third-order valence-electron chi connectivity index (χ3n) is 2.81. The number of benzene rings is 2. The first kappa shape index (κ1) is 16.1. The topological polar surface area (TPSA) is 47.6 Å². The summed E-state index contributed by atoms with van der Waals surface area (Å²) in [5, 5.41) is 2.84. The molecule has 0 bridgehead atoms. The van der Waals surface area contributed by atoms with Gasteiger partial charge in [-0.3, -0.25) is 4.79 Å². The molecule has 0 aliphatic carbocycles. The second-order valence-electron chi connectivity index (χ2n) is 4.15. The van der Waals surface area contributed by atoms with Crippen LogP contribution < -0.4 is 14.8 Å². The van der Waals surface area contributed by atoms with E-state index in [9.17, 15) is 4.79 Å². The van der Waals surface area contributed by atoms with Crippen LogP contribution in [0, 0.1) is 3.57 Å². The van der Waals surface area contributed by atoms with Crippen LogP contribution in [0.4, 0.5) is 5.69 Å². The van der Waals surface area contributed by atoms with E-state index < -0.39 is 0 Å². The number of hydrogen-bond donors (Lipinski definition) is 1. The van der Waals surface area contributed by atoms with E-state index in [1.807, 2.05) is 18.2 Å². The Kier molecular flexibility index (Phi) is 5.46. The highest BCUT2D eigenvalue weighted by Crippen LogP contribution is 2.30. The number of ether oxygens (including phenoxy) is 2. The molecule has 0 unspecified atom stereocenters. The van der Waals surface area contributed by atoms with Gasteiger partial charge in [0.15, 0.2) is 11.5 Å². The Bertz CT molecular complexity index is 676. The quantitative estimate of drug-likeness (QED) is 0.689. The summed E-state index contributed by atoms with van der Waals surface area (Å²) < 4.78 is 12.1. The zero-order valence-electron chi connectivity index (χ0n) is 11.4. The highest BCUT2D eigenvalue weighted by molar-refractivity contribution is 14.1. The monoisotopic (exact) mass is 461 g/mol. The first-order chi connectivity index (χ1) is 10.0. The van der Waals surface area contributed by atoms with Gasteiger partial charge in [0.1, 0.15) is 0 Å². The predicted molar refractivity (Wildman–Crippen MR) is 94.4 cm³/mol. The van der Waals surface area contributed by atoms with Crippen molar-refractivity contribution in [1.82, 2.24) is 0 Å². The van der Waals surface area contributed by atoms with Crippen molar-refractivity contribution >= 4 is 50.1 Å². The van der Waals surface area contributed by atoms with E-state index in [0.717, 1.165) is 8.04 Å². The maximum atomic E-state index is 12.3. The molecule has 0 aromatic heterocycles. The average molecular weight is 462 g/mol. The summed E-state index contributed by atoms with van der Waals surface area (Å²) in [6, 6.07) is 10.8. The number of hydrogen-bond acceptors (Lipinski definition) is 3. The largest absolute Gasteiger partial charge is 0.493 e. The molecular formula is C15H13BrINO3. The lowest BCUT2D eigenvalue weighted by molar-refractivity contribution is 0.102. The van der Waals surface area contributed by atoms with Gasteiger partial charge in [-0.1, -0.05) is 0 Å². The van der Waals surface area contributed by atoms with Crippen LogP contribution in [-0.4, -0.2) is 20.1 Å². The van der Waals surface area contributed by atoms with Gasteiger partial charge in [0, 0.05) is 19.8 Å². The summed E-state index contributed by atoms with van der Waals surface area (Å²) in [6.07, 6.45) is 0. The molecule has 0 saturated carbocycles. The van der Waals surface area contributed by atoms with Crippen LogP contribution in [0.5, 0.6) is 11.5 Å². The summed E-state index contributed by atoms with van der Waals surface area (Å²) in [5.74, 6) is 0.996. The summed E-state index contributed by atoms with van der Waals surface area (Å²) >= 11 is 5.56. The molecule has 2 aromatic rings. The molecule has 21 heavy (non-hydrogen) atoms. The van der Waals surface area contributed by atoms with Crippen molar-refractivity contribution in [3.8, 4) is 11.5 Å². The summed E-state index contributed by atoms with van der Waals surface area (Å²) in [7, 11) is 3.12. The van der Waals surface area contributed by atoms with Crippen molar-refractivity contribution in [2.24, 2.45) is 0 Å². The molecule has 2 rings (SSSR count). The van der Waals surface area contributed by atoms with Crippen LogP contribution in [0.25, 0.3) is 0 Å². The number of carbonyl (C=O) groups is 1. The Morgan fingerprint density at radius 3 is 2.48 bits per heavy atom. The van der Waals surface area contributed by atoms with Crippen LogP contribution in [0.2, 0.25) is 0 Å². The van der Waals surface area contributed by atoms with Crippen molar-refractivity contribution < 1.29 is 14.3 Å². The summed E-state index contributed by atoms with van der Waals surface area (Å²) in [6.45, 7) is 0. The number of rotatable bonds is 4. The number of methoxy groups -OCH3 is 2. The van der Waals surface area contributed by atoms with Crippen molar-refractivity contribution in [3.63, 3.8) is 0 Å². The predicted octanol–water partition coefficient (Wildman–Crippen LogP) is 4.32. The average Bonchev–Trinajstić information content (AvgIpc) is 2.49. The zero-order valence-corrected chi connectivity index (χ0v) is 15.2. The number of anilines is 1. The Hall–Kier alpha value is -1.28. The highest BCUT2D eigenvalue weighted by Gasteiger charge is 2.12. The molecule has 1 amide bonds. The smallest absolute Gasteiger partial charge is 0.256 e. The van der Waals surface area contributed by atoms with Gasteiger partial charge in [-0.05, 0) is 68.9 Å². The first-order valence-electron chi connectivity index (χ1n) is 6.03. The molecule has 110 valence electrons. The van der Waals surface area contributed by atoms with E-state index in [4.69, 9.17) is 9.47 Å². The standard InChI is InChI=1S/C15H13BrINO3/c1-20-13-6-4-10(8-14(13)21-2)18-15(19)11-7-9(17)3-5-12(11)16/h3-8H,1-2H3,(H,18,19). The molecule has 0 atom stereocenters. The molecule has 0 heterocycles. The van der Waals surface area contributed by atoms with Crippen LogP contribution in [0.15, 0.2) is 40.9 Å². The highest BCUT2D eigenvalue weighted by atomic mass is 127. The van der Waals surface area contributed by atoms with Crippen LogP contribution in [-0.2, 0) is 0 Å². The molecule has 0 radical (unpaired) electrons. The van der Waals surface area contributed by atoms with Crippen LogP contribution in [0.1, 0.15) is 10.4 Å². The van der Waals surface area contributed by atoms with Gasteiger partial charge in [0.25, 0.3) is 5.91 Å². The van der Waals surface area contributed by atoms with E-state index in [-0.39, 0.29) is 5.91 Å². The molecule has 0 fully saturated rings.